The molecule has 32 heavy (non-hydrogen) atoms. The zero-order valence-corrected chi connectivity index (χ0v) is 19.7. The number of amides is 1. The highest BCUT2D eigenvalue weighted by Gasteiger charge is 2.75. The Morgan fingerprint density at radius 1 is 1.19 bits per heavy atom. The van der Waals surface area contributed by atoms with E-state index in [1.54, 1.807) is 0 Å². The molecule has 5 fully saturated rings. The van der Waals surface area contributed by atoms with E-state index in [0.29, 0.717) is 13.1 Å². The summed E-state index contributed by atoms with van der Waals surface area (Å²) in [7, 11) is 0. The quantitative estimate of drug-likeness (QED) is 0.663. The number of alkyl halides is 2. The number of rotatable bonds is 5. The van der Waals surface area contributed by atoms with Crippen LogP contribution in [0.4, 0.5) is 8.78 Å². The predicted octanol–water partition coefficient (Wildman–Crippen LogP) is 5.38. The zero-order valence-electron chi connectivity index (χ0n) is 19.7. The largest absolute Gasteiger partial charge is 0.342 e. The molecule has 4 aliphatic carbocycles. The molecule has 1 saturated heterocycles. The van der Waals surface area contributed by atoms with Crippen LogP contribution >= 0.6 is 0 Å². The first-order valence-corrected chi connectivity index (χ1v) is 12.5. The second-order valence-electron chi connectivity index (χ2n) is 12.1. The molecular formula is C27H38F2N2O. The maximum atomic E-state index is 14.3. The normalized spacial score (nSPS) is 42.1. The second-order valence-corrected chi connectivity index (χ2v) is 12.1. The average Bonchev–Trinajstić information content (AvgIpc) is 3.11. The Bertz CT molecular complexity index is 889. The Morgan fingerprint density at radius 2 is 1.91 bits per heavy atom. The topological polar surface area (TPSA) is 46.3 Å². The molecule has 0 spiro atoms. The van der Waals surface area contributed by atoms with Crippen LogP contribution in [0.2, 0.25) is 0 Å². The minimum Gasteiger partial charge on any atom is -0.342 e. The van der Waals surface area contributed by atoms with Crippen molar-refractivity contribution in [1.82, 2.24) is 4.90 Å². The fourth-order valence-corrected chi connectivity index (χ4v) is 8.76. The van der Waals surface area contributed by atoms with Gasteiger partial charge in [0.25, 0.3) is 0 Å². The van der Waals surface area contributed by atoms with Crippen LogP contribution < -0.4 is 5.73 Å². The average molecular weight is 445 g/mol. The van der Waals surface area contributed by atoms with Crippen molar-refractivity contribution in [3.63, 3.8) is 0 Å². The van der Waals surface area contributed by atoms with Gasteiger partial charge >= 0.3 is 0 Å². The predicted molar refractivity (Wildman–Crippen MR) is 122 cm³/mol. The number of benzene rings is 1. The van der Waals surface area contributed by atoms with Crippen LogP contribution in [0.25, 0.3) is 0 Å². The van der Waals surface area contributed by atoms with Crippen LogP contribution in [0.5, 0.6) is 0 Å². The molecule has 4 saturated carbocycles. The van der Waals surface area contributed by atoms with Gasteiger partial charge in [0, 0.05) is 25.6 Å². The lowest BCUT2D eigenvalue weighted by Gasteiger charge is -2.49. The van der Waals surface area contributed by atoms with E-state index in [2.05, 4.69) is 45.0 Å². The highest BCUT2D eigenvalue weighted by Crippen LogP contribution is 2.78. The highest BCUT2D eigenvalue weighted by molar-refractivity contribution is 5.85. The standard InChI is InChI=1S/C27H38F2N2O/c1-4-26(15-22(28)29)19-12-25(18-8-6-5-7-9-18)14-20(26)27(13-19,16-25)23(32)31-11-10-21(30)24(2,3)17-31/h5-9,19-22H,4,10-17,30H2,1-3H3/t19?,20?,21-,25?,26?,27?/m0/s1. The Kier molecular flexibility index (Phi) is 5.06. The molecule has 1 aromatic rings. The number of halogens is 2. The van der Waals surface area contributed by atoms with Gasteiger partial charge in [-0.25, -0.2) is 8.78 Å². The van der Waals surface area contributed by atoms with Gasteiger partial charge in [0.1, 0.15) is 0 Å². The van der Waals surface area contributed by atoms with Gasteiger partial charge in [-0.3, -0.25) is 4.79 Å². The summed E-state index contributed by atoms with van der Waals surface area (Å²) in [6.07, 6.45) is 2.59. The van der Waals surface area contributed by atoms with Crippen molar-refractivity contribution in [2.24, 2.45) is 33.8 Å². The van der Waals surface area contributed by atoms with Crippen molar-refractivity contribution in [3.8, 4) is 0 Å². The van der Waals surface area contributed by atoms with Crippen LogP contribution in [0, 0.1) is 28.1 Å². The Morgan fingerprint density at radius 3 is 2.53 bits per heavy atom. The van der Waals surface area contributed by atoms with Gasteiger partial charge in [-0.15, -0.1) is 0 Å². The SMILES string of the molecule is CCC1(CC(F)F)C2CC3(c4ccccc4)CC1C(C(=O)N1CC[C@H](N)C(C)(C)C1)(C2)C3. The first-order chi connectivity index (χ1) is 15.1. The number of piperidine rings is 1. The third-order valence-electron chi connectivity index (χ3n) is 10.3. The Hall–Kier alpha value is -1.49. The molecule has 6 atom stereocenters. The molecule has 6 rings (SSSR count). The van der Waals surface area contributed by atoms with E-state index in [-0.39, 0.29) is 41.0 Å². The zero-order chi connectivity index (χ0) is 22.9. The van der Waals surface area contributed by atoms with Gasteiger partial charge in [0.05, 0.1) is 5.41 Å². The smallest absolute Gasteiger partial charge is 0.239 e. The second kappa shape index (κ2) is 7.25. The number of hydrogen-bond donors (Lipinski definition) is 1. The summed E-state index contributed by atoms with van der Waals surface area (Å²) in [5, 5.41) is 0. The van der Waals surface area contributed by atoms with Crippen molar-refractivity contribution in [1.29, 1.82) is 0 Å². The minimum absolute atomic E-state index is 0.0409. The van der Waals surface area contributed by atoms with E-state index in [0.717, 1.165) is 38.5 Å². The molecular weight excluding hydrogens is 406 g/mol. The summed E-state index contributed by atoms with van der Waals surface area (Å²) in [6.45, 7) is 7.72. The van der Waals surface area contributed by atoms with Crippen molar-refractivity contribution < 1.29 is 13.6 Å². The molecule has 1 amide bonds. The molecule has 0 radical (unpaired) electrons. The van der Waals surface area contributed by atoms with Crippen LogP contribution in [0.15, 0.2) is 30.3 Å². The maximum absolute atomic E-state index is 14.3. The number of likely N-dealkylation sites (tertiary alicyclic amines) is 1. The van der Waals surface area contributed by atoms with Gasteiger partial charge in [0.2, 0.25) is 12.3 Å². The molecule has 4 bridgehead atoms. The molecule has 3 nitrogen and oxygen atoms in total. The van der Waals surface area contributed by atoms with E-state index in [9.17, 15) is 13.6 Å². The number of carbonyl (C=O) groups is 1. The van der Waals surface area contributed by atoms with E-state index in [1.807, 2.05) is 11.0 Å². The first-order valence-electron chi connectivity index (χ1n) is 12.5. The first kappa shape index (κ1) is 22.3. The monoisotopic (exact) mass is 444 g/mol. The van der Waals surface area contributed by atoms with Gasteiger partial charge in [-0.05, 0) is 72.2 Å². The summed E-state index contributed by atoms with van der Waals surface area (Å²) in [6, 6.07) is 10.7. The lowest BCUT2D eigenvalue weighted by atomic mass is 9.55. The lowest BCUT2D eigenvalue weighted by Crippen LogP contribution is -2.57. The van der Waals surface area contributed by atoms with E-state index >= 15 is 0 Å². The summed E-state index contributed by atoms with van der Waals surface area (Å²) in [5.41, 5.74) is 6.57. The molecule has 5 unspecified atom stereocenters. The van der Waals surface area contributed by atoms with Gasteiger partial charge in [-0.2, -0.15) is 0 Å². The van der Waals surface area contributed by atoms with E-state index in [1.165, 1.54) is 5.56 Å². The van der Waals surface area contributed by atoms with E-state index in [4.69, 9.17) is 5.73 Å². The van der Waals surface area contributed by atoms with Crippen molar-refractivity contribution >= 4 is 5.91 Å². The summed E-state index contributed by atoms with van der Waals surface area (Å²) in [5.74, 6) is 0.465. The van der Waals surface area contributed by atoms with Gasteiger partial charge < -0.3 is 10.6 Å². The number of nitrogens with zero attached hydrogens (tertiary/aromatic N) is 1. The maximum Gasteiger partial charge on any atom is 0.239 e. The Labute approximate surface area is 191 Å². The molecule has 1 aliphatic heterocycles. The van der Waals surface area contributed by atoms with Crippen LogP contribution in [-0.4, -0.2) is 36.4 Å². The van der Waals surface area contributed by atoms with E-state index < -0.39 is 17.3 Å². The lowest BCUT2D eigenvalue weighted by molar-refractivity contribution is -0.148. The molecule has 1 aromatic carbocycles. The third kappa shape index (κ3) is 2.95. The molecule has 2 N–H and O–H groups in total. The molecule has 176 valence electrons. The molecule has 0 aromatic heterocycles. The van der Waals surface area contributed by atoms with Crippen molar-refractivity contribution in [2.75, 3.05) is 13.1 Å². The van der Waals surface area contributed by atoms with Crippen molar-refractivity contribution in [2.45, 2.75) is 83.6 Å². The summed E-state index contributed by atoms with van der Waals surface area (Å²) in [4.78, 5) is 16.4. The molecule has 5 heteroatoms. The van der Waals surface area contributed by atoms with Crippen LogP contribution in [0.3, 0.4) is 0 Å². The van der Waals surface area contributed by atoms with Crippen LogP contribution in [-0.2, 0) is 10.2 Å². The summed E-state index contributed by atoms with van der Waals surface area (Å²) >= 11 is 0. The number of nitrogens with two attached hydrogens (primary N) is 1. The van der Waals surface area contributed by atoms with Gasteiger partial charge in [-0.1, -0.05) is 51.1 Å². The molecule has 5 aliphatic rings. The van der Waals surface area contributed by atoms with Crippen LogP contribution in [0.1, 0.15) is 71.3 Å². The number of hydrogen-bond acceptors (Lipinski definition) is 2. The highest BCUT2D eigenvalue weighted by atomic mass is 19.3. The number of carbonyl (C=O) groups excluding carboxylic acids is 1. The van der Waals surface area contributed by atoms with Crippen molar-refractivity contribution in [3.05, 3.63) is 35.9 Å². The minimum atomic E-state index is -2.32. The molecule has 1 heterocycles. The Balaban J connectivity index is 1.56. The van der Waals surface area contributed by atoms with Gasteiger partial charge in [0.15, 0.2) is 0 Å². The fraction of sp³-hybridized carbons (Fsp3) is 0.741. The third-order valence-corrected chi connectivity index (χ3v) is 10.3. The fourth-order valence-electron chi connectivity index (χ4n) is 8.76. The summed E-state index contributed by atoms with van der Waals surface area (Å²) < 4.78 is 27.8.